The van der Waals surface area contributed by atoms with Gasteiger partial charge in [-0.3, -0.25) is 4.79 Å². The molecule has 10 nitrogen and oxygen atoms in total. The fraction of sp³-hybridized carbons (Fsp3) is 0.407. The summed E-state index contributed by atoms with van der Waals surface area (Å²) in [6, 6.07) is 9.29. The molecule has 0 unspecified atom stereocenters. The number of hydrogen-bond donors (Lipinski definition) is 3. The van der Waals surface area contributed by atoms with E-state index >= 15 is 0 Å². The van der Waals surface area contributed by atoms with Crippen LogP contribution in [0.4, 0.5) is 21.6 Å². The Hall–Kier alpha value is -3.38. The molecule has 0 atom stereocenters. The second-order valence-corrected chi connectivity index (χ2v) is 9.72. The first-order valence-electron chi connectivity index (χ1n) is 12.9. The second-order valence-electron chi connectivity index (χ2n) is 9.29. The number of rotatable bonds is 14. The zero-order valence-corrected chi connectivity index (χ0v) is 22.8. The minimum atomic E-state index is -0.476. The molecule has 4 rings (SSSR count). The van der Waals surface area contributed by atoms with Crippen molar-refractivity contribution in [2.24, 2.45) is 0 Å². The van der Waals surface area contributed by atoms with Gasteiger partial charge in [-0.15, -0.1) is 10.2 Å². The summed E-state index contributed by atoms with van der Waals surface area (Å²) in [5.74, 6) is -0.0470. The molecule has 3 N–H and O–H groups in total. The number of nitrogens with zero attached hydrogens (tertiary/aromatic N) is 4. The van der Waals surface area contributed by atoms with Crippen LogP contribution in [-0.4, -0.2) is 78.5 Å². The van der Waals surface area contributed by atoms with Gasteiger partial charge >= 0.3 is 0 Å². The average Bonchev–Trinajstić information content (AvgIpc) is 2.88. The lowest BCUT2D eigenvalue weighted by molar-refractivity contribution is -0.115. The van der Waals surface area contributed by atoms with E-state index in [-0.39, 0.29) is 35.7 Å². The number of nitrogens with one attached hydrogen (secondary N) is 3. The maximum Gasteiger partial charge on any atom is 0.257 e. The molecule has 0 spiro atoms. The molecule has 1 aliphatic heterocycles. The summed E-state index contributed by atoms with van der Waals surface area (Å²) in [7, 11) is 2.10. The fourth-order valence-electron chi connectivity index (χ4n) is 3.91. The molecule has 1 aliphatic rings. The van der Waals surface area contributed by atoms with Gasteiger partial charge < -0.3 is 30.3 Å². The Balaban J connectivity index is 1.41. The van der Waals surface area contributed by atoms with E-state index in [0.717, 1.165) is 32.5 Å². The van der Waals surface area contributed by atoms with Crippen LogP contribution in [0.2, 0.25) is 5.02 Å². The molecule has 3 aromatic rings. The lowest BCUT2D eigenvalue weighted by Crippen LogP contribution is -2.39. The topological polar surface area (TPSA) is 114 Å². The molecule has 0 aliphatic carbocycles. The first-order valence-corrected chi connectivity index (χ1v) is 13.3. The standard InChI is InChI=1S/C27H33ClFN7O3/c1-3-10-36(2)11-4-8-30-15-26(37)33-25-13-19(7-9-31-25)32-24-14-23(21-12-18(28)5-6-22(21)29)34-35-27(24)39-20-16-38-17-20/h5-7,9,12-14,20,30H,3-4,8,10-11,15-17H2,1-2H3,(H2,31,32,33,34,37). The van der Waals surface area contributed by atoms with Gasteiger partial charge in [0.15, 0.2) is 0 Å². The van der Waals surface area contributed by atoms with E-state index in [1.54, 1.807) is 24.4 Å². The maximum absolute atomic E-state index is 14.5. The predicted molar refractivity (Wildman–Crippen MR) is 149 cm³/mol. The van der Waals surface area contributed by atoms with Crippen LogP contribution in [-0.2, 0) is 9.53 Å². The highest BCUT2D eigenvalue weighted by atomic mass is 35.5. The van der Waals surface area contributed by atoms with Gasteiger partial charge in [0.05, 0.1) is 25.5 Å². The van der Waals surface area contributed by atoms with Crippen LogP contribution >= 0.6 is 11.6 Å². The average molecular weight is 558 g/mol. The molecular weight excluding hydrogens is 525 g/mol. The highest BCUT2D eigenvalue weighted by molar-refractivity contribution is 6.30. The first-order chi connectivity index (χ1) is 18.9. The lowest BCUT2D eigenvalue weighted by Gasteiger charge is -2.27. The number of aromatic nitrogens is 3. The molecule has 3 heterocycles. The molecule has 0 saturated carbocycles. The van der Waals surface area contributed by atoms with Gasteiger partial charge in [-0.1, -0.05) is 18.5 Å². The van der Waals surface area contributed by atoms with E-state index in [0.29, 0.717) is 35.4 Å². The van der Waals surface area contributed by atoms with Gasteiger partial charge in [-0.2, -0.15) is 0 Å². The molecule has 2 aromatic heterocycles. The Bertz CT molecular complexity index is 1260. The smallest absolute Gasteiger partial charge is 0.257 e. The molecule has 208 valence electrons. The molecule has 1 aromatic carbocycles. The zero-order valence-electron chi connectivity index (χ0n) is 22.0. The molecule has 1 fully saturated rings. The van der Waals surface area contributed by atoms with Crippen molar-refractivity contribution in [1.29, 1.82) is 0 Å². The van der Waals surface area contributed by atoms with E-state index < -0.39 is 5.82 Å². The Morgan fingerprint density at radius 3 is 2.82 bits per heavy atom. The number of amides is 1. The summed E-state index contributed by atoms with van der Waals surface area (Å²) in [4.78, 5) is 18.9. The van der Waals surface area contributed by atoms with E-state index in [4.69, 9.17) is 21.1 Å². The lowest BCUT2D eigenvalue weighted by atomic mass is 10.1. The largest absolute Gasteiger partial charge is 0.467 e. The van der Waals surface area contributed by atoms with Crippen molar-refractivity contribution in [2.75, 3.05) is 57.1 Å². The summed E-state index contributed by atoms with van der Waals surface area (Å²) >= 11 is 6.08. The van der Waals surface area contributed by atoms with Gasteiger partial charge in [0.25, 0.3) is 5.88 Å². The normalized spacial score (nSPS) is 13.3. The summed E-state index contributed by atoms with van der Waals surface area (Å²) in [6.45, 7) is 6.02. The third-order valence-electron chi connectivity index (χ3n) is 5.94. The summed E-state index contributed by atoms with van der Waals surface area (Å²) < 4.78 is 25.6. The van der Waals surface area contributed by atoms with E-state index in [9.17, 15) is 9.18 Å². The molecular formula is C27H33ClFN7O3. The van der Waals surface area contributed by atoms with Gasteiger partial charge in [0.1, 0.15) is 23.4 Å². The third-order valence-corrected chi connectivity index (χ3v) is 6.18. The number of ether oxygens (including phenoxy) is 2. The van der Waals surface area contributed by atoms with Crippen LogP contribution in [0, 0.1) is 5.82 Å². The van der Waals surface area contributed by atoms with Crippen molar-refractivity contribution in [3.63, 3.8) is 0 Å². The van der Waals surface area contributed by atoms with Gasteiger partial charge in [0.2, 0.25) is 5.91 Å². The van der Waals surface area contributed by atoms with E-state index in [2.05, 4.69) is 50.0 Å². The number of carbonyl (C=O) groups is 1. The quantitative estimate of drug-likeness (QED) is 0.252. The highest BCUT2D eigenvalue weighted by Gasteiger charge is 2.23. The first kappa shape index (κ1) is 28.6. The van der Waals surface area contributed by atoms with Crippen LogP contribution in [0.25, 0.3) is 11.3 Å². The molecule has 0 bridgehead atoms. The van der Waals surface area contributed by atoms with E-state index in [1.165, 1.54) is 18.2 Å². The van der Waals surface area contributed by atoms with Crippen molar-refractivity contribution < 1.29 is 18.7 Å². The molecule has 39 heavy (non-hydrogen) atoms. The van der Waals surface area contributed by atoms with Gasteiger partial charge in [0, 0.05) is 28.5 Å². The van der Waals surface area contributed by atoms with Crippen LogP contribution < -0.4 is 20.7 Å². The Morgan fingerprint density at radius 2 is 2.05 bits per heavy atom. The number of halogens is 2. The van der Waals surface area contributed by atoms with Crippen molar-refractivity contribution in [1.82, 2.24) is 25.4 Å². The number of anilines is 3. The number of hydrogen-bond acceptors (Lipinski definition) is 9. The van der Waals surface area contributed by atoms with Crippen molar-refractivity contribution in [3.8, 4) is 17.1 Å². The summed E-state index contributed by atoms with van der Waals surface area (Å²) in [6.07, 6.45) is 3.50. The van der Waals surface area contributed by atoms with Crippen LogP contribution in [0.1, 0.15) is 19.8 Å². The Kier molecular flexibility index (Phi) is 10.4. The van der Waals surface area contributed by atoms with Crippen LogP contribution in [0.5, 0.6) is 5.88 Å². The number of carbonyl (C=O) groups excluding carboxylic acids is 1. The monoisotopic (exact) mass is 557 g/mol. The highest BCUT2D eigenvalue weighted by Crippen LogP contribution is 2.32. The molecule has 12 heteroatoms. The molecule has 0 radical (unpaired) electrons. The minimum absolute atomic E-state index is 0.152. The van der Waals surface area contributed by atoms with Crippen molar-refractivity contribution in [2.45, 2.75) is 25.9 Å². The molecule has 1 amide bonds. The Morgan fingerprint density at radius 1 is 1.21 bits per heavy atom. The second kappa shape index (κ2) is 14.1. The zero-order chi connectivity index (χ0) is 27.6. The maximum atomic E-state index is 14.5. The van der Waals surface area contributed by atoms with E-state index in [1.807, 2.05) is 0 Å². The SMILES string of the molecule is CCCN(C)CCCNCC(=O)Nc1cc(Nc2cc(-c3cc(Cl)ccc3F)nnc2OC2COC2)ccn1. The fourth-order valence-corrected chi connectivity index (χ4v) is 4.08. The van der Waals surface area contributed by atoms with Crippen LogP contribution in [0.15, 0.2) is 42.6 Å². The predicted octanol–water partition coefficient (Wildman–Crippen LogP) is 4.11. The summed E-state index contributed by atoms with van der Waals surface area (Å²) in [5, 5.41) is 17.9. The molecule has 1 saturated heterocycles. The number of pyridine rings is 1. The Labute approximate surface area is 232 Å². The third kappa shape index (κ3) is 8.56. The number of benzene rings is 1. The van der Waals surface area contributed by atoms with Crippen molar-refractivity contribution in [3.05, 3.63) is 53.4 Å². The summed E-state index contributed by atoms with van der Waals surface area (Å²) in [5.41, 5.74) is 1.57. The van der Waals surface area contributed by atoms with Gasteiger partial charge in [-0.05, 0) is 69.9 Å². The van der Waals surface area contributed by atoms with Crippen LogP contribution in [0.3, 0.4) is 0 Å². The minimum Gasteiger partial charge on any atom is -0.467 e. The van der Waals surface area contributed by atoms with Gasteiger partial charge in [-0.25, -0.2) is 9.37 Å². The van der Waals surface area contributed by atoms with Crippen molar-refractivity contribution >= 4 is 34.7 Å².